The average molecular weight is 506 g/mol. The van der Waals surface area contributed by atoms with E-state index < -0.39 is 10.0 Å². The first kappa shape index (κ1) is 25.6. The molecule has 4 aromatic rings. The third-order valence-corrected chi connectivity index (χ3v) is 7.71. The number of fused-ring (bicyclic) bond motifs is 1. The zero-order valence-electron chi connectivity index (χ0n) is 20.3. The van der Waals surface area contributed by atoms with E-state index in [2.05, 4.69) is 9.88 Å². The van der Waals surface area contributed by atoms with Gasteiger partial charge in [0.15, 0.2) is 0 Å². The Hall–Kier alpha value is -3.46. The van der Waals surface area contributed by atoms with Crippen LogP contribution in [0.1, 0.15) is 12.0 Å². The van der Waals surface area contributed by atoms with Gasteiger partial charge in [-0.3, -0.25) is 9.29 Å². The molecule has 1 N–H and O–H groups in total. The van der Waals surface area contributed by atoms with Gasteiger partial charge in [-0.05, 0) is 49.4 Å². The molecular formula is C28H31N3O4S. The van der Waals surface area contributed by atoms with Gasteiger partial charge in [0, 0.05) is 24.7 Å². The number of sulfonamides is 1. The van der Waals surface area contributed by atoms with E-state index in [9.17, 15) is 13.5 Å². The molecule has 36 heavy (non-hydrogen) atoms. The second-order valence-corrected chi connectivity index (χ2v) is 10.3. The van der Waals surface area contributed by atoms with Crippen LogP contribution in [0.3, 0.4) is 0 Å². The van der Waals surface area contributed by atoms with E-state index >= 15 is 0 Å². The van der Waals surface area contributed by atoms with Crippen LogP contribution in [-0.4, -0.2) is 56.8 Å². The number of rotatable bonds is 12. The van der Waals surface area contributed by atoms with E-state index in [0.29, 0.717) is 24.4 Å². The molecule has 0 amide bonds. The molecule has 4 rings (SSSR count). The lowest BCUT2D eigenvalue weighted by molar-refractivity contribution is 0.259. The fraction of sp³-hybridized carbons (Fsp3) is 0.250. The van der Waals surface area contributed by atoms with Crippen molar-refractivity contribution < 1.29 is 18.3 Å². The molecule has 0 aliphatic rings. The van der Waals surface area contributed by atoms with Gasteiger partial charge in [-0.1, -0.05) is 54.6 Å². The first-order valence-corrected chi connectivity index (χ1v) is 13.4. The lowest BCUT2D eigenvalue weighted by atomic mass is 10.1. The number of aromatic nitrogens is 1. The minimum absolute atomic E-state index is 0.0583. The molecule has 0 unspecified atom stereocenters. The largest absolute Gasteiger partial charge is 0.494 e. The van der Waals surface area contributed by atoms with Gasteiger partial charge < -0.3 is 14.7 Å². The summed E-state index contributed by atoms with van der Waals surface area (Å²) in [5.74, 6) is 0.846. The second kappa shape index (κ2) is 12.0. The van der Waals surface area contributed by atoms with Gasteiger partial charge in [0.25, 0.3) is 10.0 Å². The van der Waals surface area contributed by atoms with Gasteiger partial charge in [0.1, 0.15) is 10.6 Å². The predicted molar refractivity (Wildman–Crippen MR) is 143 cm³/mol. The van der Waals surface area contributed by atoms with Crippen molar-refractivity contribution >= 4 is 26.6 Å². The Balaban J connectivity index is 1.53. The number of ether oxygens (including phenoxy) is 1. The molecule has 0 radical (unpaired) electrons. The number of aliphatic hydroxyl groups is 1. The summed E-state index contributed by atoms with van der Waals surface area (Å²) in [6, 6.07) is 25.9. The summed E-state index contributed by atoms with van der Waals surface area (Å²) in [4.78, 5) is 6.59. The number of aliphatic hydroxyl groups excluding tert-OH is 1. The third kappa shape index (κ3) is 6.02. The molecule has 0 bridgehead atoms. The van der Waals surface area contributed by atoms with Crippen LogP contribution < -0.4 is 9.04 Å². The van der Waals surface area contributed by atoms with E-state index in [-0.39, 0.29) is 18.0 Å². The van der Waals surface area contributed by atoms with Crippen molar-refractivity contribution in [3.63, 3.8) is 0 Å². The van der Waals surface area contributed by atoms with Gasteiger partial charge in [0.05, 0.1) is 31.0 Å². The van der Waals surface area contributed by atoms with Crippen molar-refractivity contribution in [1.29, 1.82) is 0 Å². The third-order valence-electron chi connectivity index (χ3n) is 5.86. The van der Waals surface area contributed by atoms with Gasteiger partial charge >= 0.3 is 0 Å². The normalized spacial score (nSPS) is 11.6. The highest BCUT2D eigenvalue weighted by molar-refractivity contribution is 7.93. The summed E-state index contributed by atoms with van der Waals surface area (Å²) < 4.78 is 34.8. The molecule has 8 heteroatoms. The van der Waals surface area contributed by atoms with Crippen molar-refractivity contribution in [1.82, 2.24) is 9.88 Å². The van der Waals surface area contributed by atoms with Crippen LogP contribution in [-0.2, 0) is 16.6 Å². The predicted octanol–water partition coefficient (Wildman–Crippen LogP) is 4.32. The minimum Gasteiger partial charge on any atom is -0.494 e. The second-order valence-electron chi connectivity index (χ2n) is 8.51. The highest BCUT2D eigenvalue weighted by Crippen LogP contribution is 2.30. The number of hydrogen-bond acceptors (Lipinski definition) is 6. The summed E-state index contributed by atoms with van der Waals surface area (Å²) >= 11 is 0. The molecule has 0 fully saturated rings. The van der Waals surface area contributed by atoms with Crippen molar-refractivity contribution in [2.75, 3.05) is 37.7 Å². The number of benzene rings is 3. The van der Waals surface area contributed by atoms with E-state index in [1.807, 2.05) is 67.7 Å². The lowest BCUT2D eigenvalue weighted by Gasteiger charge is -2.28. The molecule has 0 aliphatic carbocycles. The van der Waals surface area contributed by atoms with Crippen molar-refractivity contribution in [2.45, 2.75) is 17.9 Å². The molecule has 0 aliphatic heterocycles. The molecule has 0 atom stereocenters. The van der Waals surface area contributed by atoms with Gasteiger partial charge in [0.2, 0.25) is 0 Å². The molecule has 1 aromatic heterocycles. The van der Waals surface area contributed by atoms with E-state index in [1.54, 1.807) is 30.5 Å². The molecule has 1 heterocycles. The Morgan fingerprint density at radius 3 is 2.44 bits per heavy atom. The fourth-order valence-corrected chi connectivity index (χ4v) is 5.82. The number of para-hydroxylation sites is 3. The summed E-state index contributed by atoms with van der Waals surface area (Å²) in [5.41, 5.74) is 1.82. The maximum Gasteiger partial charge on any atom is 0.266 e. The molecule has 3 aromatic carbocycles. The zero-order valence-corrected chi connectivity index (χ0v) is 21.1. The van der Waals surface area contributed by atoms with Crippen LogP contribution in [0.25, 0.3) is 10.9 Å². The van der Waals surface area contributed by atoms with Crippen molar-refractivity contribution in [2.24, 2.45) is 0 Å². The Morgan fingerprint density at radius 1 is 0.889 bits per heavy atom. The molecule has 0 spiro atoms. The van der Waals surface area contributed by atoms with Crippen LogP contribution in [0, 0.1) is 0 Å². The molecule has 0 saturated carbocycles. The van der Waals surface area contributed by atoms with E-state index in [1.165, 1.54) is 4.31 Å². The number of pyridine rings is 1. The number of nitrogens with zero attached hydrogens (tertiary/aromatic N) is 3. The number of anilines is 1. The van der Waals surface area contributed by atoms with Crippen LogP contribution >= 0.6 is 0 Å². The fourth-order valence-electron chi connectivity index (χ4n) is 4.16. The van der Waals surface area contributed by atoms with Crippen molar-refractivity contribution in [3.8, 4) is 5.75 Å². The monoisotopic (exact) mass is 505 g/mol. The van der Waals surface area contributed by atoms with Gasteiger partial charge in [-0.15, -0.1) is 0 Å². The smallest absolute Gasteiger partial charge is 0.266 e. The van der Waals surface area contributed by atoms with Gasteiger partial charge in [-0.25, -0.2) is 8.42 Å². The van der Waals surface area contributed by atoms with E-state index in [0.717, 1.165) is 29.7 Å². The average Bonchev–Trinajstić information content (AvgIpc) is 2.90. The quantitative estimate of drug-likeness (QED) is 0.289. The molecule has 7 nitrogen and oxygen atoms in total. The van der Waals surface area contributed by atoms with Crippen LogP contribution in [0.4, 0.5) is 5.69 Å². The zero-order chi connectivity index (χ0) is 25.4. The topological polar surface area (TPSA) is 83.0 Å². The van der Waals surface area contributed by atoms with Crippen molar-refractivity contribution in [3.05, 3.63) is 96.7 Å². The van der Waals surface area contributed by atoms with Gasteiger partial charge in [-0.2, -0.15) is 0 Å². The highest BCUT2D eigenvalue weighted by atomic mass is 32.2. The van der Waals surface area contributed by atoms with Crippen LogP contribution in [0.5, 0.6) is 5.75 Å². The Morgan fingerprint density at radius 2 is 1.64 bits per heavy atom. The maximum atomic E-state index is 13.9. The van der Waals surface area contributed by atoms with E-state index in [4.69, 9.17) is 4.74 Å². The molecule has 0 saturated heterocycles. The highest BCUT2D eigenvalue weighted by Gasteiger charge is 2.28. The Labute approximate surface area is 212 Å². The summed E-state index contributed by atoms with van der Waals surface area (Å²) in [6.07, 6.45) is 2.41. The van der Waals surface area contributed by atoms with Crippen LogP contribution in [0.2, 0.25) is 0 Å². The molecular weight excluding hydrogens is 474 g/mol. The standard InChI is InChI=1S/C28H31N3O4S/c1-30(18-9-21-35-25-13-3-2-4-14-25)22-24-10-5-6-15-26(24)31(19-20-32)36(33,34)27-16-7-11-23-12-8-17-29-28(23)27/h2-8,10-17,32H,9,18-22H2,1H3. The summed E-state index contributed by atoms with van der Waals surface area (Å²) in [7, 11) is -1.98. The number of hydrogen-bond donors (Lipinski definition) is 1. The lowest BCUT2D eigenvalue weighted by Crippen LogP contribution is -2.35. The van der Waals surface area contributed by atoms with Crippen LogP contribution in [0.15, 0.2) is 96.0 Å². The Kier molecular flexibility index (Phi) is 8.53. The first-order chi connectivity index (χ1) is 17.5. The maximum absolute atomic E-state index is 13.9. The minimum atomic E-state index is -3.98. The first-order valence-electron chi connectivity index (χ1n) is 11.9. The SMILES string of the molecule is CN(CCCOc1ccccc1)Cc1ccccc1N(CCO)S(=O)(=O)c1cccc2cccnc12. The Bertz CT molecular complexity index is 1370. The summed E-state index contributed by atoms with van der Waals surface area (Å²) in [6.45, 7) is 1.55. The molecule has 188 valence electrons. The summed E-state index contributed by atoms with van der Waals surface area (Å²) in [5, 5.41) is 10.5.